The highest BCUT2D eigenvalue weighted by Crippen LogP contribution is 2.26. The molecule has 3 amide bonds. The SMILES string of the molecule is CCC(NC(=O)[C@H](C)NC(=O)[C@@H](NC(=O)CCc1ccccc1)C(C)C)C(=O)Cn1nnnc1Cc1c(Cl)cccc1Cl. The summed E-state index contributed by atoms with van der Waals surface area (Å²) in [6, 6.07) is 12.1. The largest absolute Gasteiger partial charge is 0.344 e. The normalized spacial score (nSPS) is 13.2. The molecule has 0 spiro atoms. The summed E-state index contributed by atoms with van der Waals surface area (Å²) >= 11 is 12.5. The summed E-state index contributed by atoms with van der Waals surface area (Å²) in [5.41, 5.74) is 1.65. The van der Waals surface area contributed by atoms with Crippen molar-refractivity contribution in [3.05, 3.63) is 75.5 Å². The van der Waals surface area contributed by atoms with Crippen LogP contribution in [0.1, 0.15) is 57.5 Å². The van der Waals surface area contributed by atoms with Crippen LogP contribution in [0.2, 0.25) is 10.0 Å². The standard InChI is InChI=1S/C30H37Cl2N7O4/c1-5-24(25(40)17-39-26(36-37-38-39)16-21-22(31)12-9-13-23(21)32)34-29(42)19(4)33-30(43)28(18(2)3)35-27(41)15-14-20-10-7-6-8-11-20/h6-13,18-19,24,28H,5,14-17H2,1-4H3,(H,33,43)(H,34,42)(H,35,41)/t19-,24?,28-/m0/s1. The van der Waals surface area contributed by atoms with Crippen LogP contribution >= 0.6 is 23.2 Å². The van der Waals surface area contributed by atoms with Gasteiger partial charge >= 0.3 is 0 Å². The number of nitrogens with zero attached hydrogens (tertiary/aromatic N) is 4. The summed E-state index contributed by atoms with van der Waals surface area (Å²) < 4.78 is 1.34. The van der Waals surface area contributed by atoms with Gasteiger partial charge in [0.2, 0.25) is 17.7 Å². The fourth-order valence-electron chi connectivity index (χ4n) is 4.35. The topological polar surface area (TPSA) is 148 Å². The highest BCUT2D eigenvalue weighted by molar-refractivity contribution is 6.36. The summed E-state index contributed by atoms with van der Waals surface area (Å²) in [4.78, 5) is 51.7. The van der Waals surface area contributed by atoms with Crippen LogP contribution in [0.25, 0.3) is 0 Å². The molecule has 0 aliphatic rings. The first-order valence-electron chi connectivity index (χ1n) is 14.1. The summed E-state index contributed by atoms with van der Waals surface area (Å²) in [5, 5.41) is 20.6. The fourth-order valence-corrected chi connectivity index (χ4v) is 4.88. The van der Waals surface area contributed by atoms with Gasteiger partial charge in [0.15, 0.2) is 11.6 Å². The Kier molecular flexibility index (Phi) is 12.6. The Balaban J connectivity index is 1.55. The number of aryl methyl sites for hydroxylation is 1. The van der Waals surface area contributed by atoms with Gasteiger partial charge in [-0.2, -0.15) is 0 Å². The van der Waals surface area contributed by atoms with Crippen LogP contribution in [0, 0.1) is 5.92 Å². The van der Waals surface area contributed by atoms with E-state index >= 15 is 0 Å². The maximum absolute atomic E-state index is 13.1. The van der Waals surface area contributed by atoms with Crippen LogP contribution in [0.5, 0.6) is 0 Å². The van der Waals surface area contributed by atoms with Crippen molar-refractivity contribution in [2.75, 3.05) is 0 Å². The molecule has 11 nitrogen and oxygen atoms in total. The van der Waals surface area contributed by atoms with Crippen molar-refractivity contribution in [3.8, 4) is 0 Å². The zero-order valence-corrected chi connectivity index (χ0v) is 26.2. The third-order valence-corrected chi connectivity index (χ3v) is 7.63. The Morgan fingerprint density at radius 1 is 0.884 bits per heavy atom. The number of ketones is 1. The second kappa shape index (κ2) is 16.1. The van der Waals surface area contributed by atoms with E-state index in [0.717, 1.165) is 5.56 Å². The van der Waals surface area contributed by atoms with Gasteiger partial charge in [-0.3, -0.25) is 19.2 Å². The van der Waals surface area contributed by atoms with Gasteiger partial charge in [0, 0.05) is 22.9 Å². The number of amides is 3. The first-order valence-corrected chi connectivity index (χ1v) is 14.9. The van der Waals surface area contributed by atoms with Gasteiger partial charge in [-0.1, -0.05) is 80.4 Å². The Bertz CT molecular complexity index is 1390. The number of carbonyl (C=O) groups excluding carboxylic acids is 4. The van der Waals surface area contributed by atoms with Crippen LogP contribution in [0.15, 0.2) is 48.5 Å². The summed E-state index contributed by atoms with van der Waals surface area (Å²) in [7, 11) is 0. The first-order chi connectivity index (χ1) is 20.5. The molecule has 1 aromatic heterocycles. The average molecular weight is 631 g/mol. The van der Waals surface area contributed by atoms with E-state index in [1.165, 1.54) is 11.6 Å². The van der Waals surface area contributed by atoms with Crippen molar-refractivity contribution in [3.63, 3.8) is 0 Å². The van der Waals surface area contributed by atoms with Crippen molar-refractivity contribution in [2.45, 2.75) is 78.0 Å². The van der Waals surface area contributed by atoms with Crippen molar-refractivity contribution >= 4 is 46.7 Å². The van der Waals surface area contributed by atoms with Crippen molar-refractivity contribution in [1.29, 1.82) is 0 Å². The molecule has 0 aliphatic heterocycles. The lowest BCUT2D eigenvalue weighted by Crippen LogP contribution is -2.56. The molecule has 230 valence electrons. The molecular formula is C30H37Cl2N7O4. The minimum Gasteiger partial charge on any atom is -0.344 e. The fraction of sp³-hybridized carbons (Fsp3) is 0.433. The van der Waals surface area contributed by atoms with Crippen LogP contribution < -0.4 is 16.0 Å². The molecule has 3 rings (SSSR count). The van der Waals surface area contributed by atoms with Gasteiger partial charge in [0.1, 0.15) is 18.6 Å². The van der Waals surface area contributed by atoms with Crippen molar-refractivity contribution in [1.82, 2.24) is 36.2 Å². The molecule has 0 bridgehead atoms. The Labute approximate surface area is 261 Å². The number of hydrogen-bond donors (Lipinski definition) is 3. The molecule has 13 heteroatoms. The van der Waals surface area contributed by atoms with Crippen LogP contribution in [-0.2, 0) is 38.6 Å². The van der Waals surface area contributed by atoms with E-state index in [9.17, 15) is 19.2 Å². The first kappa shape index (κ1) is 33.7. The predicted octanol–water partition coefficient (Wildman–Crippen LogP) is 3.31. The third kappa shape index (κ3) is 9.86. The molecule has 3 N–H and O–H groups in total. The van der Waals surface area contributed by atoms with Gasteiger partial charge in [-0.25, -0.2) is 4.68 Å². The highest BCUT2D eigenvalue weighted by atomic mass is 35.5. The maximum Gasteiger partial charge on any atom is 0.243 e. The predicted molar refractivity (Wildman–Crippen MR) is 163 cm³/mol. The van der Waals surface area contributed by atoms with Gasteiger partial charge < -0.3 is 16.0 Å². The van der Waals surface area contributed by atoms with E-state index in [1.54, 1.807) is 25.1 Å². The molecule has 2 aromatic carbocycles. The van der Waals surface area contributed by atoms with E-state index in [4.69, 9.17) is 23.2 Å². The van der Waals surface area contributed by atoms with Gasteiger partial charge in [0.05, 0.1) is 6.04 Å². The monoisotopic (exact) mass is 629 g/mol. The van der Waals surface area contributed by atoms with Crippen LogP contribution in [0.3, 0.4) is 0 Å². The number of rotatable bonds is 15. The Morgan fingerprint density at radius 3 is 2.19 bits per heavy atom. The molecule has 0 saturated carbocycles. The number of carbonyl (C=O) groups is 4. The molecule has 0 fully saturated rings. The second-order valence-corrected chi connectivity index (χ2v) is 11.4. The van der Waals surface area contributed by atoms with E-state index < -0.39 is 29.9 Å². The minimum absolute atomic E-state index is 0.186. The number of hydrogen-bond acceptors (Lipinski definition) is 7. The molecule has 0 saturated heterocycles. The second-order valence-electron chi connectivity index (χ2n) is 10.6. The van der Waals surface area contributed by atoms with Gasteiger partial charge in [-0.05, 0) is 59.4 Å². The van der Waals surface area contributed by atoms with Gasteiger partial charge in [0.25, 0.3) is 0 Å². The number of tetrazole rings is 1. The number of nitrogens with one attached hydrogen (secondary N) is 3. The van der Waals surface area contributed by atoms with Crippen molar-refractivity contribution < 1.29 is 19.2 Å². The molecule has 3 aromatic rings. The lowest BCUT2D eigenvalue weighted by Gasteiger charge is -2.25. The minimum atomic E-state index is -0.956. The average Bonchev–Trinajstić information content (AvgIpc) is 3.41. The third-order valence-electron chi connectivity index (χ3n) is 6.92. The molecule has 3 atom stereocenters. The number of aromatic nitrogens is 4. The number of benzene rings is 2. The smallest absolute Gasteiger partial charge is 0.243 e. The van der Waals surface area contributed by atoms with E-state index in [-0.39, 0.29) is 37.0 Å². The molecule has 0 aliphatic carbocycles. The Hall–Kier alpha value is -3.83. The summed E-state index contributed by atoms with van der Waals surface area (Å²) in [5.74, 6) is -1.43. The number of Topliss-reactive ketones (excluding diaryl/α,β-unsaturated/α-hetero) is 1. The summed E-state index contributed by atoms with van der Waals surface area (Å²) in [6.07, 6.45) is 1.30. The van der Waals surface area contributed by atoms with Crippen LogP contribution in [-0.4, -0.2) is 61.8 Å². The van der Waals surface area contributed by atoms with Gasteiger partial charge in [-0.15, -0.1) is 5.10 Å². The molecular weight excluding hydrogens is 593 g/mol. The molecule has 1 heterocycles. The van der Waals surface area contributed by atoms with Crippen molar-refractivity contribution in [2.24, 2.45) is 5.92 Å². The molecule has 43 heavy (non-hydrogen) atoms. The zero-order valence-electron chi connectivity index (χ0n) is 24.6. The maximum atomic E-state index is 13.1. The van der Waals surface area contributed by atoms with E-state index in [0.29, 0.717) is 34.3 Å². The zero-order chi connectivity index (χ0) is 31.5. The molecule has 1 unspecified atom stereocenters. The lowest BCUT2D eigenvalue weighted by molar-refractivity contribution is -0.133. The Morgan fingerprint density at radius 2 is 1.56 bits per heavy atom. The van der Waals surface area contributed by atoms with Crippen LogP contribution in [0.4, 0.5) is 0 Å². The van der Waals surface area contributed by atoms with E-state index in [2.05, 4.69) is 31.5 Å². The number of halogens is 2. The lowest BCUT2D eigenvalue weighted by atomic mass is 10.0. The van der Waals surface area contributed by atoms with E-state index in [1.807, 2.05) is 44.2 Å². The highest BCUT2D eigenvalue weighted by Gasteiger charge is 2.29. The molecule has 0 radical (unpaired) electrons. The quantitative estimate of drug-likeness (QED) is 0.233. The summed E-state index contributed by atoms with van der Waals surface area (Å²) in [6.45, 7) is 6.71.